The van der Waals surface area contributed by atoms with Crippen LogP contribution in [0.5, 0.6) is 0 Å². The molecule has 2 aromatic carbocycles. The molecular weight excluding hydrogens is 498 g/mol. The Morgan fingerprint density at radius 3 is 2.28 bits per heavy atom. The third-order valence-electron chi connectivity index (χ3n) is 6.30. The fourth-order valence-electron chi connectivity index (χ4n) is 3.79. The van der Waals surface area contributed by atoms with Crippen LogP contribution in [-0.4, -0.2) is 50.0 Å². The van der Waals surface area contributed by atoms with E-state index in [9.17, 15) is 18.0 Å². The van der Waals surface area contributed by atoms with Gasteiger partial charge in [0.1, 0.15) is 6.04 Å². The number of hydrogen-bond acceptors (Lipinski definition) is 4. The summed E-state index contributed by atoms with van der Waals surface area (Å²) in [7, 11) is -3.59. The van der Waals surface area contributed by atoms with E-state index < -0.39 is 16.1 Å². The van der Waals surface area contributed by atoms with Crippen molar-refractivity contribution in [3.8, 4) is 0 Å². The predicted octanol–water partition coefficient (Wildman–Crippen LogP) is 4.84. The summed E-state index contributed by atoms with van der Waals surface area (Å²) in [5.74, 6) is -0.421. The Balaban J connectivity index is 2.20. The van der Waals surface area contributed by atoms with Crippen molar-refractivity contribution in [1.82, 2.24) is 10.2 Å². The van der Waals surface area contributed by atoms with Crippen molar-refractivity contribution in [2.24, 2.45) is 0 Å². The van der Waals surface area contributed by atoms with Crippen LogP contribution < -0.4 is 9.62 Å². The largest absolute Gasteiger partial charge is 0.352 e. The van der Waals surface area contributed by atoms with Crippen LogP contribution in [0.4, 0.5) is 5.69 Å². The van der Waals surface area contributed by atoms with Crippen LogP contribution in [0.2, 0.25) is 5.02 Å². The van der Waals surface area contributed by atoms with Gasteiger partial charge in [0.2, 0.25) is 21.8 Å². The first-order valence-electron chi connectivity index (χ1n) is 12.2. The predicted molar refractivity (Wildman–Crippen MR) is 147 cm³/mol. The van der Waals surface area contributed by atoms with E-state index in [2.05, 4.69) is 5.32 Å². The molecule has 2 unspecified atom stereocenters. The molecule has 2 rings (SSSR count). The zero-order chi connectivity index (χ0) is 27.0. The maximum Gasteiger partial charge on any atom is 0.242 e. The second kappa shape index (κ2) is 13.1. The average molecular weight is 536 g/mol. The minimum atomic E-state index is -3.59. The van der Waals surface area contributed by atoms with E-state index in [1.807, 2.05) is 45.0 Å². The monoisotopic (exact) mass is 535 g/mol. The quantitative estimate of drug-likeness (QED) is 0.421. The number of sulfonamides is 1. The van der Waals surface area contributed by atoms with Gasteiger partial charge in [-0.15, -0.1) is 0 Å². The van der Waals surface area contributed by atoms with Crippen molar-refractivity contribution in [2.75, 3.05) is 17.1 Å². The lowest BCUT2D eigenvalue weighted by atomic mass is 10.1. The Hall–Kier alpha value is -2.58. The molecule has 2 atom stereocenters. The molecule has 0 saturated heterocycles. The van der Waals surface area contributed by atoms with Crippen LogP contribution >= 0.6 is 11.6 Å². The number of rotatable bonds is 12. The molecule has 0 spiro atoms. The molecule has 0 aliphatic carbocycles. The normalized spacial score (nSPS) is 13.1. The van der Waals surface area contributed by atoms with Gasteiger partial charge in [-0.3, -0.25) is 13.9 Å². The molecule has 9 heteroatoms. The number of benzene rings is 2. The second-order valence-corrected chi connectivity index (χ2v) is 11.6. The summed E-state index contributed by atoms with van der Waals surface area (Å²) < 4.78 is 26.4. The van der Waals surface area contributed by atoms with Gasteiger partial charge in [0.25, 0.3) is 0 Å². The van der Waals surface area contributed by atoms with Gasteiger partial charge in [0.15, 0.2) is 0 Å². The highest BCUT2D eigenvalue weighted by Gasteiger charge is 2.27. The third kappa shape index (κ3) is 8.23. The van der Waals surface area contributed by atoms with Gasteiger partial charge < -0.3 is 10.2 Å². The molecule has 0 aliphatic rings. The Labute approximate surface area is 220 Å². The van der Waals surface area contributed by atoms with Gasteiger partial charge in [0, 0.05) is 30.6 Å². The number of anilines is 1. The highest BCUT2D eigenvalue weighted by Crippen LogP contribution is 2.28. The molecule has 1 N–H and O–H groups in total. The van der Waals surface area contributed by atoms with Crippen molar-refractivity contribution in [3.63, 3.8) is 0 Å². The molecule has 198 valence electrons. The second-order valence-electron chi connectivity index (χ2n) is 9.32. The molecule has 2 aromatic rings. The SMILES string of the molecule is CCC(C)NC(=O)C(C)N(Cc1ccc(C)cc1)C(=O)CCCN(c1cccc(Cl)c1C)S(C)(=O)=O. The van der Waals surface area contributed by atoms with Crippen LogP contribution in [-0.2, 0) is 26.2 Å². The standard InChI is InChI=1S/C27H38ClN3O4S/c1-7-20(3)29-27(33)22(5)30(18-23-15-13-19(2)14-16-23)26(32)12-9-17-31(36(6,34)35)25-11-8-10-24(28)21(25)4/h8,10-11,13-16,20,22H,7,9,12,17-18H2,1-6H3,(H,29,33). The summed E-state index contributed by atoms with van der Waals surface area (Å²) in [6.07, 6.45) is 2.31. The molecule has 0 bridgehead atoms. The van der Waals surface area contributed by atoms with Crippen LogP contribution in [0.3, 0.4) is 0 Å². The fraction of sp³-hybridized carbons (Fsp3) is 0.481. The number of aryl methyl sites for hydroxylation is 1. The summed E-state index contributed by atoms with van der Waals surface area (Å²) >= 11 is 6.21. The summed E-state index contributed by atoms with van der Waals surface area (Å²) in [6.45, 7) is 9.80. The van der Waals surface area contributed by atoms with Crippen LogP contribution in [0.25, 0.3) is 0 Å². The number of carbonyl (C=O) groups is 2. The smallest absolute Gasteiger partial charge is 0.242 e. The Morgan fingerprint density at radius 1 is 1.06 bits per heavy atom. The van der Waals surface area contributed by atoms with E-state index >= 15 is 0 Å². The average Bonchev–Trinajstić information content (AvgIpc) is 2.82. The first kappa shape index (κ1) is 29.6. The molecule has 7 nitrogen and oxygen atoms in total. The van der Waals surface area contributed by atoms with Crippen LogP contribution in [0.15, 0.2) is 42.5 Å². The van der Waals surface area contributed by atoms with Gasteiger partial charge >= 0.3 is 0 Å². The van der Waals surface area contributed by atoms with Crippen molar-refractivity contribution >= 4 is 39.1 Å². The highest BCUT2D eigenvalue weighted by atomic mass is 35.5. The van der Waals surface area contributed by atoms with E-state index in [0.717, 1.165) is 23.8 Å². The number of hydrogen-bond donors (Lipinski definition) is 1. The van der Waals surface area contributed by atoms with Gasteiger partial charge in [-0.25, -0.2) is 8.42 Å². The zero-order valence-corrected chi connectivity index (χ0v) is 23.6. The zero-order valence-electron chi connectivity index (χ0n) is 22.0. The number of nitrogens with zero attached hydrogens (tertiary/aromatic N) is 2. The molecule has 36 heavy (non-hydrogen) atoms. The molecule has 0 heterocycles. The maximum atomic E-state index is 13.4. The van der Waals surface area contributed by atoms with Crippen molar-refractivity contribution < 1.29 is 18.0 Å². The molecule has 0 saturated carbocycles. The lowest BCUT2D eigenvalue weighted by molar-refractivity contribution is -0.140. The van der Waals surface area contributed by atoms with Crippen molar-refractivity contribution in [2.45, 2.75) is 72.5 Å². The molecule has 0 radical (unpaired) electrons. The minimum Gasteiger partial charge on any atom is -0.352 e. The highest BCUT2D eigenvalue weighted by molar-refractivity contribution is 7.92. The molecule has 0 aromatic heterocycles. The number of amides is 2. The summed E-state index contributed by atoms with van der Waals surface area (Å²) in [6, 6.07) is 12.3. The summed E-state index contributed by atoms with van der Waals surface area (Å²) in [5, 5.41) is 3.43. The van der Waals surface area contributed by atoms with Crippen LogP contribution in [0.1, 0.15) is 56.7 Å². The maximum absolute atomic E-state index is 13.4. The van der Waals surface area contributed by atoms with Gasteiger partial charge in [-0.05, 0) is 63.8 Å². The van der Waals surface area contributed by atoms with E-state index in [-0.39, 0.29) is 37.4 Å². The first-order chi connectivity index (χ1) is 16.8. The topological polar surface area (TPSA) is 86.8 Å². The van der Waals surface area contributed by atoms with Crippen molar-refractivity contribution in [1.29, 1.82) is 0 Å². The van der Waals surface area contributed by atoms with E-state index in [1.54, 1.807) is 36.9 Å². The number of carbonyl (C=O) groups excluding carboxylic acids is 2. The summed E-state index contributed by atoms with van der Waals surface area (Å²) in [4.78, 5) is 27.8. The van der Waals surface area contributed by atoms with E-state index in [0.29, 0.717) is 22.7 Å². The lowest BCUT2D eigenvalue weighted by Gasteiger charge is -2.30. The molecule has 2 amide bonds. The fourth-order valence-corrected chi connectivity index (χ4v) is 4.97. The van der Waals surface area contributed by atoms with Gasteiger partial charge in [-0.2, -0.15) is 0 Å². The Morgan fingerprint density at radius 2 is 1.69 bits per heavy atom. The van der Waals surface area contributed by atoms with Crippen molar-refractivity contribution in [3.05, 3.63) is 64.2 Å². The molecule has 0 aliphatic heterocycles. The first-order valence-corrected chi connectivity index (χ1v) is 14.5. The number of nitrogens with one attached hydrogen (secondary N) is 1. The summed E-state index contributed by atoms with van der Waals surface area (Å²) in [5.41, 5.74) is 3.18. The Bertz CT molecular complexity index is 1150. The lowest BCUT2D eigenvalue weighted by Crippen LogP contribution is -2.49. The van der Waals surface area contributed by atoms with Gasteiger partial charge in [0.05, 0.1) is 11.9 Å². The third-order valence-corrected chi connectivity index (χ3v) is 7.89. The number of halogens is 1. The van der Waals surface area contributed by atoms with Crippen LogP contribution in [0, 0.1) is 13.8 Å². The minimum absolute atomic E-state index is 0.000493. The van der Waals surface area contributed by atoms with E-state index in [1.165, 1.54) is 4.31 Å². The molecular formula is C27H38ClN3O4S. The Kier molecular flexibility index (Phi) is 10.8. The molecule has 0 fully saturated rings. The van der Waals surface area contributed by atoms with E-state index in [4.69, 9.17) is 11.6 Å². The van der Waals surface area contributed by atoms with Gasteiger partial charge in [-0.1, -0.05) is 54.4 Å².